The summed E-state index contributed by atoms with van der Waals surface area (Å²) in [6.45, 7) is 6.24. The van der Waals surface area contributed by atoms with Gasteiger partial charge < -0.3 is 0 Å². The molecule has 1 N–H and O–H groups in total. The molecular weight excluding hydrogens is 258 g/mol. The number of nitrogens with one attached hydrogen (secondary N) is 1. The van der Waals surface area contributed by atoms with E-state index in [9.17, 15) is 5.26 Å². The summed E-state index contributed by atoms with van der Waals surface area (Å²) >= 11 is 0. The van der Waals surface area contributed by atoms with Crippen LogP contribution in [-0.4, -0.2) is 23.5 Å². The minimum absolute atomic E-state index is 0.263. The summed E-state index contributed by atoms with van der Waals surface area (Å²) in [4.78, 5) is 2.52. The predicted octanol–water partition coefficient (Wildman–Crippen LogP) is 3.06. The number of benzene rings is 1. The van der Waals surface area contributed by atoms with Crippen LogP contribution in [0.15, 0.2) is 24.3 Å². The zero-order chi connectivity index (χ0) is 14.7. The summed E-state index contributed by atoms with van der Waals surface area (Å²) < 4.78 is 0. The number of nitrogens with zero attached hydrogens (tertiary/aromatic N) is 2. The molecule has 2 atom stereocenters. The maximum atomic E-state index is 9.63. The fourth-order valence-corrected chi connectivity index (χ4v) is 4.10. The maximum absolute atomic E-state index is 9.63. The normalized spacial score (nSPS) is 28.5. The van der Waals surface area contributed by atoms with Gasteiger partial charge in [0.1, 0.15) is 5.54 Å². The van der Waals surface area contributed by atoms with E-state index in [-0.39, 0.29) is 5.54 Å². The van der Waals surface area contributed by atoms with Crippen molar-refractivity contribution in [1.82, 2.24) is 10.2 Å². The zero-order valence-corrected chi connectivity index (χ0v) is 12.9. The molecule has 1 saturated carbocycles. The van der Waals surface area contributed by atoms with Gasteiger partial charge in [0.15, 0.2) is 0 Å². The van der Waals surface area contributed by atoms with E-state index in [2.05, 4.69) is 47.5 Å². The smallest absolute Gasteiger partial charge is 0.109 e. The number of rotatable bonds is 5. The minimum Gasteiger partial charge on any atom is -0.299 e. The van der Waals surface area contributed by atoms with Crippen LogP contribution < -0.4 is 5.32 Å². The maximum Gasteiger partial charge on any atom is 0.109 e. The molecule has 3 heteroatoms. The van der Waals surface area contributed by atoms with Crippen LogP contribution in [-0.2, 0) is 13.1 Å². The molecule has 1 aromatic rings. The monoisotopic (exact) mass is 283 g/mol. The highest BCUT2D eigenvalue weighted by atomic mass is 15.1. The first-order chi connectivity index (χ1) is 10.3. The number of nitriles is 1. The van der Waals surface area contributed by atoms with E-state index < -0.39 is 0 Å². The number of hydrogen-bond acceptors (Lipinski definition) is 3. The molecule has 2 unspecified atom stereocenters. The van der Waals surface area contributed by atoms with Gasteiger partial charge in [0, 0.05) is 13.1 Å². The Balaban J connectivity index is 1.58. The summed E-state index contributed by atoms with van der Waals surface area (Å²) in [5.41, 5.74) is 2.69. The summed E-state index contributed by atoms with van der Waals surface area (Å²) in [5, 5.41) is 13.1. The second kappa shape index (κ2) is 6.17. The standard InChI is InChI=1S/C18H25N3/c1-2-20-18(14-19)10-5-8-17(18)9-11-21-12-15-6-3-4-7-16(15)13-21/h3-4,6-7,17,20H,2,5,8-13H2,1H3. The lowest BCUT2D eigenvalue weighted by Crippen LogP contribution is -2.47. The van der Waals surface area contributed by atoms with E-state index >= 15 is 0 Å². The highest BCUT2D eigenvalue weighted by Crippen LogP contribution is 2.38. The first-order valence-electron chi connectivity index (χ1n) is 8.23. The largest absolute Gasteiger partial charge is 0.299 e. The van der Waals surface area contributed by atoms with Gasteiger partial charge in [0.05, 0.1) is 6.07 Å². The van der Waals surface area contributed by atoms with Gasteiger partial charge in [0.25, 0.3) is 0 Å². The molecule has 112 valence electrons. The SMILES string of the molecule is CCNC1(C#N)CCCC1CCN1Cc2ccccc2C1. The van der Waals surface area contributed by atoms with Crippen molar-refractivity contribution in [2.75, 3.05) is 13.1 Å². The lowest BCUT2D eigenvalue weighted by Gasteiger charge is -2.30. The fourth-order valence-electron chi connectivity index (χ4n) is 4.10. The Labute approximate surface area is 128 Å². The van der Waals surface area contributed by atoms with Gasteiger partial charge in [-0.3, -0.25) is 10.2 Å². The van der Waals surface area contributed by atoms with Gasteiger partial charge in [-0.15, -0.1) is 0 Å². The lowest BCUT2D eigenvalue weighted by atomic mass is 9.85. The van der Waals surface area contributed by atoms with Crippen molar-refractivity contribution in [1.29, 1.82) is 5.26 Å². The Hall–Kier alpha value is -1.37. The highest BCUT2D eigenvalue weighted by Gasteiger charge is 2.42. The summed E-state index contributed by atoms with van der Waals surface area (Å²) in [7, 11) is 0. The van der Waals surface area contributed by atoms with Gasteiger partial charge in [-0.05, 0) is 49.4 Å². The van der Waals surface area contributed by atoms with Crippen LogP contribution in [0, 0.1) is 17.2 Å². The summed E-state index contributed by atoms with van der Waals surface area (Å²) in [6.07, 6.45) is 4.53. The van der Waals surface area contributed by atoms with E-state index in [1.54, 1.807) is 0 Å². The highest BCUT2D eigenvalue weighted by molar-refractivity contribution is 5.30. The predicted molar refractivity (Wildman–Crippen MR) is 84.5 cm³/mol. The number of hydrogen-bond donors (Lipinski definition) is 1. The van der Waals surface area contributed by atoms with Crippen molar-refractivity contribution in [3.63, 3.8) is 0 Å². The fraction of sp³-hybridized carbons (Fsp3) is 0.611. The van der Waals surface area contributed by atoms with E-state index in [4.69, 9.17) is 0 Å². The van der Waals surface area contributed by atoms with Crippen molar-refractivity contribution in [3.8, 4) is 6.07 Å². The van der Waals surface area contributed by atoms with Crippen LogP contribution in [0.4, 0.5) is 0 Å². The van der Waals surface area contributed by atoms with Gasteiger partial charge >= 0.3 is 0 Å². The lowest BCUT2D eigenvalue weighted by molar-refractivity contribution is 0.227. The van der Waals surface area contributed by atoms with E-state index in [0.29, 0.717) is 5.92 Å². The topological polar surface area (TPSA) is 39.1 Å². The van der Waals surface area contributed by atoms with E-state index in [1.165, 1.54) is 24.0 Å². The molecule has 0 saturated heterocycles. The third-order valence-corrected chi connectivity index (χ3v) is 5.21. The first kappa shape index (κ1) is 14.6. The molecule has 1 fully saturated rings. The van der Waals surface area contributed by atoms with Crippen LogP contribution >= 0.6 is 0 Å². The summed E-state index contributed by atoms with van der Waals surface area (Å²) in [5.74, 6) is 0.506. The molecule has 0 aromatic heterocycles. The molecule has 21 heavy (non-hydrogen) atoms. The Morgan fingerprint density at radius 2 is 2.05 bits per heavy atom. The van der Waals surface area contributed by atoms with Crippen LogP contribution in [0.2, 0.25) is 0 Å². The third kappa shape index (κ3) is 2.84. The molecule has 0 spiro atoms. The molecule has 1 aliphatic carbocycles. The quantitative estimate of drug-likeness (QED) is 0.902. The molecule has 2 aliphatic rings. The average molecular weight is 283 g/mol. The van der Waals surface area contributed by atoms with Gasteiger partial charge in [-0.1, -0.05) is 37.6 Å². The Morgan fingerprint density at radius 1 is 1.33 bits per heavy atom. The molecule has 0 bridgehead atoms. The van der Waals surface area contributed by atoms with Crippen LogP contribution in [0.3, 0.4) is 0 Å². The van der Waals surface area contributed by atoms with Crippen molar-refractivity contribution in [3.05, 3.63) is 35.4 Å². The molecular formula is C18H25N3. The molecule has 0 amide bonds. The van der Waals surface area contributed by atoms with Crippen molar-refractivity contribution >= 4 is 0 Å². The van der Waals surface area contributed by atoms with Crippen molar-refractivity contribution in [2.45, 2.75) is 51.2 Å². The van der Waals surface area contributed by atoms with Gasteiger partial charge in [-0.2, -0.15) is 5.26 Å². The second-order valence-corrected chi connectivity index (χ2v) is 6.47. The molecule has 1 heterocycles. The Bertz CT molecular complexity index is 509. The molecule has 1 aromatic carbocycles. The van der Waals surface area contributed by atoms with Crippen LogP contribution in [0.1, 0.15) is 43.7 Å². The zero-order valence-electron chi connectivity index (χ0n) is 12.9. The van der Waals surface area contributed by atoms with Gasteiger partial charge in [0.2, 0.25) is 0 Å². The van der Waals surface area contributed by atoms with E-state index in [0.717, 1.165) is 39.0 Å². The summed E-state index contributed by atoms with van der Waals surface area (Å²) in [6, 6.07) is 11.3. The Morgan fingerprint density at radius 3 is 2.67 bits per heavy atom. The van der Waals surface area contributed by atoms with Crippen LogP contribution in [0.5, 0.6) is 0 Å². The molecule has 3 nitrogen and oxygen atoms in total. The van der Waals surface area contributed by atoms with Crippen molar-refractivity contribution < 1.29 is 0 Å². The van der Waals surface area contributed by atoms with Gasteiger partial charge in [-0.25, -0.2) is 0 Å². The Kier molecular flexibility index (Phi) is 4.28. The molecule has 0 radical (unpaired) electrons. The minimum atomic E-state index is -0.263. The second-order valence-electron chi connectivity index (χ2n) is 6.47. The third-order valence-electron chi connectivity index (χ3n) is 5.21. The van der Waals surface area contributed by atoms with Crippen LogP contribution in [0.25, 0.3) is 0 Å². The number of fused-ring (bicyclic) bond motifs is 1. The average Bonchev–Trinajstić information content (AvgIpc) is 3.09. The van der Waals surface area contributed by atoms with E-state index in [1.807, 2.05) is 0 Å². The molecule has 3 rings (SSSR count). The van der Waals surface area contributed by atoms with Crippen molar-refractivity contribution in [2.24, 2.45) is 5.92 Å². The molecule has 1 aliphatic heterocycles. The first-order valence-corrected chi connectivity index (χ1v) is 8.23.